The quantitative estimate of drug-likeness (QED) is 0.549. The van der Waals surface area contributed by atoms with E-state index in [0.717, 1.165) is 0 Å². The van der Waals surface area contributed by atoms with Gasteiger partial charge in [-0.15, -0.1) is 0 Å². The van der Waals surface area contributed by atoms with Crippen LogP contribution in [0.3, 0.4) is 0 Å². The van der Waals surface area contributed by atoms with E-state index >= 15 is 0 Å². The topological polar surface area (TPSA) is 82.1 Å². The van der Waals surface area contributed by atoms with Crippen molar-refractivity contribution in [1.82, 2.24) is 4.90 Å². The normalized spacial score (nSPS) is 31.5. The first-order chi connectivity index (χ1) is 9.81. The molecule has 0 spiro atoms. The number of hydrogen-bond acceptors (Lipinski definition) is 6. The first kappa shape index (κ1) is 15.8. The zero-order chi connectivity index (χ0) is 15.7. The highest BCUT2D eigenvalue weighted by molar-refractivity contribution is 5.86. The fourth-order valence-electron chi connectivity index (χ4n) is 2.77. The van der Waals surface area contributed by atoms with Crippen molar-refractivity contribution >= 4 is 17.8 Å². The molecule has 2 aliphatic heterocycles. The van der Waals surface area contributed by atoms with Gasteiger partial charge in [0.15, 0.2) is 0 Å². The van der Waals surface area contributed by atoms with Gasteiger partial charge in [-0.25, -0.2) is 0 Å². The molecule has 4 atom stereocenters. The second kappa shape index (κ2) is 6.01. The van der Waals surface area contributed by atoms with E-state index in [-0.39, 0.29) is 37.1 Å². The average molecular weight is 299 g/mol. The van der Waals surface area contributed by atoms with E-state index < -0.39 is 24.1 Å². The van der Waals surface area contributed by atoms with Gasteiger partial charge < -0.3 is 19.1 Å². The molecule has 0 bridgehead atoms. The second-order valence-electron chi connectivity index (χ2n) is 5.78. The number of amides is 1. The maximum absolute atomic E-state index is 12.1. The Labute approximate surface area is 123 Å². The van der Waals surface area contributed by atoms with Crippen LogP contribution >= 0.6 is 0 Å². The molecule has 2 aliphatic rings. The summed E-state index contributed by atoms with van der Waals surface area (Å²) in [6.45, 7) is 6.81. The Morgan fingerprint density at radius 3 is 2.52 bits per heavy atom. The molecule has 7 nitrogen and oxygen atoms in total. The van der Waals surface area contributed by atoms with Crippen LogP contribution < -0.4 is 0 Å². The molecular weight excluding hydrogens is 278 g/mol. The van der Waals surface area contributed by atoms with Crippen LogP contribution in [0.25, 0.3) is 0 Å². The number of ether oxygens (including phenoxy) is 3. The summed E-state index contributed by atoms with van der Waals surface area (Å²) >= 11 is 0. The van der Waals surface area contributed by atoms with Crippen LogP contribution in [0.4, 0.5) is 0 Å². The Balaban J connectivity index is 2.07. The molecule has 118 valence electrons. The maximum Gasteiger partial charge on any atom is 0.303 e. The van der Waals surface area contributed by atoms with Crippen LogP contribution in [-0.4, -0.2) is 54.3 Å². The molecule has 0 saturated carbocycles. The summed E-state index contributed by atoms with van der Waals surface area (Å²) in [4.78, 5) is 35.8. The number of fused-ring (bicyclic) bond motifs is 1. The molecule has 0 N–H and O–H groups in total. The molecule has 0 aromatic rings. The van der Waals surface area contributed by atoms with Gasteiger partial charge in [-0.05, 0) is 5.92 Å². The Hall–Kier alpha value is -1.63. The van der Waals surface area contributed by atoms with Crippen LogP contribution in [0, 0.1) is 11.8 Å². The summed E-state index contributed by atoms with van der Waals surface area (Å²) < 4.78 is 16.0. The van der Waals surface area contributed by atoms with E-state index in [2.05, 4.69) is 0 Å². The van der Waals surface area contributed by atoms with Crippen molar-refractivity contribution in [1.29, 1.82) is 0 Å². The van der Waals surface area contributed by atoms with Crippen LogP contribution in [0.1, 0.15) is 27.7 Å². The van der Waals surface area contributed by atoms with Gasteiger partial charge in [-0.3, -0.25) is 14.4 Å². The van der Waals surface area contributed by atoms with E-state index in [1.54, 1.807) is 4.90 Å². The minimum atomic E-state index is -0.616. The van der Waals surface area contributed by atoms with E-state index in [9.17, 15) is 14.4 Å². The van der Waals surface area contributed by atoms with Gasteiger partial charge in [-0.2, -0.15) is 0 Å². The minimum absolute atomic E-state index is 0.0105. The van der Waals surface area contributed by atoms with Gasteiger partial charge in [-0.1, -0.05) is 13.8 Å². The van der Waals surface area contributed by atoms with Gasteiger partial charge in [0.2, 0.25) is 5.91 Å². The fourth-order valence-corrected chi connectivity index (χ4v) is 2.77. The van der Waals surface area contributed by atoms with Crippen LogP contribution in [0.2, 0.25) is 0 Å². The molecule has 2 fully saturated rings. The fraction of sp³-hybridized carbons (Fsp3) is 0.786. The number of rotatable bonds is 4. The largest absolute Gasteiger partial charge is 0.463 e. The summed E-state index contributed by atoms with van der Waals surface area (Å²) in [7, 11) is 0. The van der Waals surface area contributed by atoms with Crippen molar-refractivity contribution < 1.29 is 28.6 Å². The van der Waals surface area contributed by atoms with E-state index in [1.165, 1.54) is 13.8 Å². The molecule has 21 heavy (non-hydrogen) atoms. The lowest BCUT2D eigenvalue weighted by molar-refractivity contribution is -0.261. The lowest BCUT2D eigenvalue weighted by atomic mass is 9.83. The van der Waals surface area contributed by atoms with Gasteiger partial charge >= 0.3 is 11.9 Å². The molecule has 0 radical (unpaired) electrons. The highest BCUT2D eigenvalue weighted by Crippen LogP contribution is 2.38. The summed E-state index contributed by atoms with van der Waals surface area (Å²) in [6, 6.07) is 0. The zero-order valence-electron chi connectivity index (χ0n) is 12.7. The number of β-lactam (4-membered cyclic amide) rings is 1. The minimum Gasteiger partial charge on any atom is -0.463 e. The third-order valence-corrected chi connectivity index (χ3v) is 3.77. The van der Waals surface area contributed by atoms with Crippen molar-refractivity contribution in [3.05, 3.63) is 0 Å². The van der Waals surface area contributed by atoms with Crippen molar-refractivity contribution in [3.8, 4) is 0 Å². The summed E-state index contributed by atoms with van der Waals surface area (Å²) in [5, 5.41) is 0. The Kier molecular flexibility index (Phi) is 4.51. The third-order valence-electron chi connectivity index (χ3n) is 3.77. The van der Waals surface area contributed by atoms with Gasteiger partial charge in [0.25, 0.3) is 0 Å². The van der Waals surface area contributed by atoms with Gasteiger partial charge in [0, 0.05) is 13.8 Å². The Morgan fingerprint density at radius 1 is 1.33 bits per heavy atom. The molecule has 7 heteroatoms. The highest BCUT2D eigenvalue weighted by atomic mass is 16.6. The predicted molar refractivity (Wildman–Crippen MR) is 70.9 cm³/mol. The second-order valence-corrected chi connectivity index (χ2v) is 5.78. The van der Waals surface area contributed by atoms with Crippen LogP contribution in [0.5, 0.6) is 0 Å². The Bertz CT molecular complexity index is 449. The van der Waals surface area contributed by atoms with Crippen molar-refractivity contribution in [2.75, 3.05) is 13.2 Å². The molecular formula is C14H21NO6. The maximum atomic E-state index is 12.1. The number of carbonyl (C=O) groups excluding carboxylic acids is 3. The van der Waals surface area contributed by atoms with Crippen LogP contribution in [-0.2, 0) is 28.6 Å². The van der Waals surface area contributed by atoms with Crippen molar-refractivity contribution in [2.45, 2.75) is 46.1 Å². The van der Waals surface area contributed by atoms with Crippen molar-refractivity contribution in [3.63, 3.8) is 0 Å². The number of esters is 2. The number of nitrogens with zero attached hydrogens (tertiary/aromatic N) is 1. The van der Waals surface area contributed by atoms with Gasteiger partial charge in [0.05, 0.1) is 12.5 Å². The molecule has 2 saturated heterocycles. The van der Waals surface area contributed by atoms with E-state index in [0.29, 0.717) is 0 Å². The predicted octanol–water partition coefficient (Wildman–Crippen LogP) is 0.320. The van der Waals surface area contributed by atoms with Crippen LogP contribution in [0.15, 0.2) is 0 Å². The average Bonchev–Trinajstić information content (AvgIpc) is 2.36. The van der Waals surface area contributed by atoms with Gasteiger partial charge in [0.1, 0.15) is 25.0 Å². The van der Waals surface area contributed by atoms with E-state index in [1.807, 2.05) is 13.8 Å². The van der Waals surface area contributed by atoms with Crippen molar-refractivity contribution in [2.24, 2.45) is 11.8 Å². The highest BCUT2D eigenvalue weighted by Gasteiger charge is 2.55. The lowest BCUT2D eigenvalue weighted by Gasteiger charge is -2.54. The SMILES string of the molecule is CC(=O)OC[C@H]1O[C@H]2[C@@H](C(C)C)C(=O)N2C[C@@H]1OC(C)=O. The molecule has 0 unspecified atom stereocenters. The number of hydrogen-bond donors (Lipinski definition) is 0. The standard InChI is InChI=1S/C14H21NO6/c1-7(2)12-13(18)15-5-10(20-9(4)17)11(21-14(12)15)6-19-8(3)16/h7,10-12,14H,5-6H2,1-4H3/t10-,11+,12-,14-/m0/s1. The molecule has 2 rings (SSSR count). The smallest absolute Gasteiger partial charge is 0.303 e. The summed E-state index contributed by atoms with van der Waals surface area (Å²) in [5.74, 6) is -0.893. The number of carbonyl (C=O) groups is 3. The summed E-state index contributed by atoms with van der Waals surface area (Å²) in [6.07, 6.45) is -1.49. The zero-order valence-corrected chi connectivity index (χ0v) is 12.7. The molecule has 2 heterocycles. The first-order valence-electron chi connectivity index (χ1n) is 7.07. The Morgan fingerprint density at radius 2 is 2.00 bits per heavy atom. The first-order valence-corrected chi connectivity index (χ1v) is 7.07. The molecule has 0 aromatic carbocycles. The lowest BCUT2D eigenvalue weighted by Crippen LogP contribution is -2.71. The molecule has 0 aromatic heterocycles. The molecule has 0 aliphatic carbocycles. The third kappa shape index (κ3) is 3.18. The monoisotopic (exact) mass is 299 g/mol. The molecule has 1 amide bonds. The van der Waals surface area contributed by atoms with E-state index in [4.69, 9.17) is 14.2 Å². The summed E-state index contributed by atoms with van der Waals surface area (Å²) in [5.41, 5.74) is 0.